The zero-order valence-corrected chi connectivity index (χ0v) is 21.1. The molecule has 0 spiro atoms. The second kappa shape index (κ2) is 7.00. The highest BCUT2D eigenvalue weighted by atomic mass is 16.6. The first-order valence-corrected chi connectivity index (χ1v) is 11.9. The van der Waals surface area contributed by atoms with E-state index in [1.807, 2.05) is 20.8 Å². The minimum atomic E-state index is -2.14. The van der Waals surface area contributed by atoms with Crippen molar-refractivity contribution < 1.29 is 38.9 Å². The monoisotopic (exact) mass is 476 g/mol. The summed E-state index contributed by atoms with van der Waals surface area (Å²) in [4.78, 5) is 53.8. The zero-order valence-electron chi connectivity index (χ0n) is 21.1. The van der Waals surface area contributed by atoms with Crippen LogP contribution in [0.15, 0.2) is 12.2 Å². The number of carbonyl (C=O) groups is 4. The van der Waals surface area contributed by atoms with Gasteiger partial charge in [-0.25, -0.2) is 4.79 Å². The third-order valence-electron chi connectivity index (χ3n) is 10.3. The van der Waals surface area contributed by atoms with Gasteiger partial charge in [0.1, 0.15) is 6.10 Å². The van der Waals surface area contributed by atoms with E-state index >= 15 is 0 Å². The van der Waals surface area contributed by atoms with Crippen molar-refractivity contribution >= 4 is 23.5 Å². The number of aliphatic hydroxyl groups is 2. The summed E-state index contributed by atoms with van der Waals surface area (Å²) < 4.78 is 10.2. The molecule has 34 heavy (non-hydrogen) atoms. The molecule has 1 saturated heterocycles. The van der Waals surface area contributed by atoms with Gasteiger partial charge >= 0.3 is 11.9 Å². The zero-order chi connectivity index (χ0) is 25.8. The van der Waals surface area contributed by atoms with Gasteiger partial charge in [-0.1, -0.05) is 39.8 Å². The van der Waals surface area contributed by atoms with Gasteiger partial charge in [0.25, 0.3) is 5.60 Å². The number of rotatable bonds is 1. The minimum Gasteiger partial charge on any atom is -0.466 e. The molecule has 0 radical (unpaired) electrons. The molecule has 9 atom stereocenters. The lowest BCUT2D eigenvalue weighted by Gasteiger charge is -2.69. The van der Waals surface area contributed by atoms with Crippen molar-refractivity contribution in [1.29, 1.82) is 0 Å². The fraction of sp³-hybridized carbons (Fsp3) is 0.769. The number of esters is 2. The average molecular weight is 477 g/mol. The number of Topliss-reactive ketones (excluding diaryl/α,β-unsaturated/α-hetero) is 2. The third-order valence-corrected chi connectivity index (χ3v) is 10.3. The maximum atomic E-state index is 13.8. The Labute approximate surface area is 200 Å². The summed E-state index contributed by atoms with van der Waals surface area (Å²) in [5.41, 5.74) is -5.96. The quantitative estimate of drug-likeness (QED) is 0.334. The molecule has 8 heteroatoms. The number of ether oxygens (including phenoxy) is 2. The summed E-state index contributed by atoms with van der Waals surface area (Å²) in [6, 6.07) is 0. The van der Waals surface area contributed by atoms with E-state index in [0.717, 1.165) is 7.11 Å². The third kappa shape index (κ3) is 2.56. The molecule has 2 N–H and O–H groups in total. The summed E-state index contributed by atoms with van der Waals surface area (Å²) in [7, 11) is 1.11. The second-order valence-electron chi connectivity index (χ2n) is 12.3. The van der Waals surface area contributed by atoms with Crippen LogP contribution in [0.2, 0.25) is 0 Å². The van der Waals surface area contributed by atoms with Crippen LogP contribution >= 0.6 is 0 Å². The predicted octanol–water partition coefficient (Wildman–Crippen LogP) is 2.00. The topological polar surface area (TPSA) is 127 Å². The van der Waals surface area contributed by atoms with E-state index in [1.54, 1.807) is 13.8 Å². The van der Waals surface area contributed by atoms with Gasteiger partial charge in [-0.3, -0.25) is 14.4 Å². The van der Waals surface area contributed by atoms with Gasteiger partial charge in [0.2, 0.25) is 0 Å². The standard InChI is InChI=1S/C26H36O8/c1-12-11-13-23(4)10-9-14(27)22(2,3)16(23)15(28)18(29)25(13,6)17-19(30)34-26(7,21(32)33-8)20(31)24(12,17)5/h13-14,16-18,27,29H,1,9-11H2,2-8H3/t13-,14+,16+,17+,18+,23-,24+,25-,26-/m0/s1. The molecule has 0 bridgehead atoms. The highest BCUT2D eigenvalue weighted by molar-refractivity contribution is 6.15. The number of methoxy groups -OCH3 is 1. The largest absolute Gasteiger partial charge is 0.466 e. The Hall–Kier alpha value is -2.06. The van der Waals surface area contributed by atoms with Crippen molar-refractivity contribution in [3.8, 4) is 0 Å². The second-order valence-corrected chi connectivity index (χ2v) is 12.3. The summed E-state index contributed by atoms with van der Waals surface area (Å²) in [6.45, 7) is 14.3. The molecule has 4 fully saturated rings. The van der Waals surface area contributed by atoms with E-state index in [9.17, 15) is 29.4 Å². The van der Waals surface area contributed by atoms with E-state index in [4.69, 9.17) is 9.47 Å². The van der Waals surface area contributed by atoms with Gasteiger partial charge in [0.15, 0.2) is 11.6 Å². The van der Waals surface area contributed by atoms with Crippen molar-refractivity contribution in [1.82, 2.24) is 0 Å². The SMILES string of the molecule is C=C1C[C@H]2[C@]3(C)CC[C@@H](O)C(C)(C)[C@H]3C(=O)[C@@H](O)[C@]2(C)[C@@H]2C(=O)O[C@](C)(C(=O)OC)C(=O)[C@]12C. The smallest absolute Gasteiger partial charge is 0.358 e. The van der Waals surface area contributed by atoms with Crippen LogP contribution in [0.4, 0.5) is 0 Å². The van der Waals surface area contributed by atoms with Crippen LogP contribution in [0.5, 0.6) is 0 Å². The number of fused-ring (bicyclic) bond motifs is 5. The summed E-state index contributed by atoms with van der Waals surface area (Å²) >= 11 is 0. The van der Waals surface area contributed by atoms with Crippen LogP contribution in [-0.4, -0.2) is 58.6 Å². The first kappa shape index (κ1) is 25.0. The number of cyclic esters (lactones) is 1. The van der Waals surface area contributed by atoms with Gasteiger partial charge < -0.3 is 19.7 Å². The van der Waals surface area contributed by atoms with Gasteiger partial charge in [-0.2, -0.15) is 0 Å². The van der Waals surface area contributed by atoms with Gasteiger partial charge in [-0.05, 0) is 44.4 Å². The Morgan fingerprint density at radius 1 is 1.06 bits per heavy atom. The number of hydrogen-bond donors (Lipinski definition) is 2. The normalized spacial score (nSPS) is 50.0. The molecule has 3 aliphatic carbocycles. The molecule has 0 amide bonds. The van der Waals surface area contributed by atoms with Crippen molar-refractivity contribution in [3.05, 3.63) is 12.2 Å². The van der Waals surface area contributed by atoms with Gasteiger partial charge in [0, 0.05) is 16.7 Å². The molecule has 3 saturated carbocycles. The lowest BCUT2D eigenvalue weighted by molar-refractivity contribution is -0.244. The number of hydrogen-bond acceptors (Lipinski definition) is 8. The fourth-order valence-electron chi connectivity index (χ4n) is 8.45. The minimum absolute atomic E-state index is 0.295. The van der Waals surface area contributed by atoms with Crippen LogP contribution in [0, 0.1) is 39.4 Å². The van der Waals surface area contributed by atoms with Crippen LogP contribution < -0.4 is 0 Å². The molecule has 0 unspecified atom stereocenters. The molecule has 4 aliphatic rings. The molecule has 1 heterocycles. The Kier molecular flexibility index (Phi) is 5.16. The number of ketones is 2. The van der Waals surface area contributed by atoms with Crippen molar-refractivity contribution in [3.63, 3.8) is 0 Å². The molecule has 0 aromatic heterocycles. The fourth-order valence-corrected chi connectivity index (χ4v) is 8.45. The number of allylic oxidation sites excluding steroid dienone is 1. The predicted molar refractivity (Wildman–Crippen MR) is 120 cm³/mol. The first-order chi connectivity index (χ1) is 15.5. The Balaban J connectivity index is 1.92. The van der Waals surface area contributed by atoms with E-state index in [-0.39, 0.29) is 5.92 Å². The van der Waals surface area contributed by atoms with E-state index in [1.165, 1.54) is 6.92 Å². The van der Waals surface area contributed by atoms with Crippen LogP contribution in [-0.2, 0) is 28.7 Å². The molecule has 8 nitrogen and oxygen atoms in total. The average Bonchev–Trinajstić information content (AvgIpc) is 2.75. The van der Waals surface area contributed by atoms with Crippen LogP contribution in [0.1, 0.15) is 60.8 Å². The lowest BCUT2D eigenvalue weighted by atomic mass is 9.34. The molecule has 1 aliphatic heterocycles. The van der Waals surface area contributed by atoms with E-state index in [2.05, 4.69) is 6.58 Å². The van der Waals surface area contributed by atoms with Crippen molar-refractivity contribution in [2.45, 2.75) is 78.6 Å². The van der Waals surface area contributed by atoms with Crippen molar-refractivity contribution in [2.75, 3.05) is 7.11 Å². The molecule has 0 aromatic carbocycles. The number of carbonyl (C=O) groups excluding carboxylic acids is 4. The lowest BCUT2D eigenvalue weighted by Crippen LogP contribution is -2.76. The van der Waals surface area contributed by atoms with Crippen LogP contribution in [0.25, 0.3) is 0 Å². The Bertz CT molecular complexity index is 1010. The Morgan fingerprint density at radius 2 is 1.65 bits per heavy atom. The highest BCUT2D eigenvalue weighted by Crippen LogP contribution is 2.71. The van der Waals surface area contributed by atoms with Gasteiger partial charge in [-0.15, -0.1) is 0 Å². The first-order valence-electron chi connectivity index (χ1n) is 11.9. The molecule has 4 rings (SSSR count). The van der Waals surface area contributed by atoms with Crippen LogP contribution in [0.3, 0.4) is 0 Å². The van der Waals surface area contributed by atoms with Gasteiger partial charge in [0.05, 0.1) is 24.5 Å². The summed E-state index contributed by atoms with van der Waals surface area (Å²) in [5, 5.41) is 22.3. The Morgan fingerprint density at radius 3 is 2.21 bits per heavy atom. The van der Waals surface area contributed by atoms with E-state index in [0.29, 0.717) is 24.8 Å². The highest BCUT2D eigenvalue weighted by Gasteiger charge is 2.77. The summed E-state index contributed by atoms with van der Waals surface area (Å²) in [5.74, 6) is -5.12. The number of aliphatic hydroxyl groups excluding tert-OH is 2. The molecular formula is C26H36O8. The maximum Gasteiger partial charge on any atom is 0.358 e. The van der Waals surface area contributed by atoms with E-state index < -0.39 is 74.8 Å². The molecular weight excluding hydrogens is 440 g/mol. The summed E-state index contributed by atoms with van der Waals surface area (Å²) in [6.07, 6.45) is -0.955. The molecule has 0 aromatic rings. The maximum absolute atomic E-state index is 13.8. The molecule has 188 valence electrons. The van der Waals surface area contributed by atoms with Crippen molar-refractivity contribution in [2.24, 2.45) is 39.4 Å².